The van der Waals surface area contributed by atoms with Crippen molar-refractivity contribution in [3.63, 3.8) is 0 Å². The number of rotatable bonds is 3. The Morgan fingerprint density at radius 1 is 1.08 bits per heavy atom. The van der Waals surface area contributed by atoms with Crippen LogP contribution in [-0.2, 0) is 13.6 Å². The minimum Gasteiger partial charge on any atom is -0.352 e. The summed E-state index contributed by atoms with van der Waals surface area (Å²) in [6.07, 6.45) is 3.28. The van der Waals surface area contributed by atoms with Crippen molar-refractivity contribution in [1.82, 2.24) is 24.4 Å². The van der Waals surface area contributed by atoms with E-state index in [2.05, 4.69) is 31.7 Å². The highest BCUT2D eigenvalue weighted by Crippen LogP contribution is 2.25. The van der Waals surface area contributed by atoms with Gasteiger partial charge in [-0.15, -0.1) is 0 Å². The normalized spacial score (nSPS) is 18.6. The Morgan fingerprint density at radius 3 is 2.58 bits per heavy atom. The molecule has 0 N–H and O–H groups in total. The van der Waals surface area contributed by atoms with Crippen molar-refractivity contribution in [2.75, 3.05) is 24.5 Å². The minimum atomic E-state index is -0.536. The average molecular weight is 358 g/mol. The fraction of sp³-hybridized carbons (Fsp3) is 0.389. The van der Waals surface area contributed by atoms with E-state index < -0.39 is 11.6 Å². The Morgan fingerprint density at radius 2 is 1.85 bits per heavy atom. The molecule has 0 amide bonds. The van der Waals surface area contributed by atoms with E-state index in [1.807, 2.05) is 11.6 Å². The molecular weight excluding hydrogens is 338 g/mol. The molecule has 3 heterocycles. The van der Waals surface area contributed by atoms with Crippen molar-refractivity contribution in [3.8, 4) is 0 Å². The Balaban J connectivity index is 1.52. The molecule has 1 unspecified atom stereocenters. The topological polar surface area (TPSA) is 50.1 Å². The highest BCUT2D eigenvalue weighted by atomic mass is 19.1. The fourth-order valence-corrected chi connectivity index (χ4v) is 3.56. The van der Waals surface area contributed by atoms with Crippen LogP contribution in [0.1, 0.15) is 12.5 Å². The summed E-state index contributed by atoms with van der Waals surface area (Å²) in [5.74, 6) is -0.199. The van der Waals surface area contributed by atoms with Gasteiger partial charge >= 0.3 is 0 Å². The van der Waals surface area contributed by atoms with Crippen LogP contribution in [0.3, 0.4) is 0 Å². The summed E-state index contributed by atoms with van der Waals surface area (Å²) >= 11 is 0. The van der Waals surface area contributed by atoms with Crippen LogP contribution in [0.2, 0.25) is 0 Å². The number of nitrogens with zero attached hydrogens (tertiary/aromatic N) is 6. The van der Waals surface area contributed by atoms with Crippen molar-refractivity contribution in [3.05, 3.63) is 48.1 Å². The van der Waals surface area contributed by atoms with Gasteiger partial charge in [-0.2, -0.15) is 0 Å². The van der Waals surface area contributed by atoms with Gasteiger partial charge in [0.15, 0.2) is 11.5 Å². The van der Waals surface area contributed by atoms with E-state index >= 15 is 0 Å². The number of hydrogen-bond donors (Lipinski definition) is 0. The SMILES string of the molecule is CC1CN(c2ncnc3ncn(C)c23)CCN1Cc1cc(F)cc(F)c1. The third-order valence-corrected chi connectivity index (χ3v) is 4.86. The number of hydrogen-bond acceptors (Lipinski definition) is 5. The highest BCUT2D eigenvalue weighted by molar-refractivity contribution is 5.83. The van der Waals surface area contributed by atoms with Crippen molar-refractivity contribution in [2.24, 2.45) is 7.05 Å². The van der Waals surface area contributed by atoms with Gasteiger partial charge in [0.1, 0.15) is 23.5 Å². The number of aromatic nitrogens is 4. The van der Waals surface area contributed by atoms with Crippen molar-refractivity contribution in [2.45, 2.75) is 19.5 Å². The van der Waals surface area contributed by atoms with E-state index in [4.69, 9.17) is 0 Å². The van der Waals surface area contributed by atoms with E-state index in [1.165, 1.54) is 18.5 Å². The molecule has 0 spiro atoms. The summed E-state index contributed by atoms with van der Waals surface area (Å²) in [5.41, 5.74) is 2.25. The van der Waals surface area contributed by atoms with E-state index in [0.29, 0.717) is 17.8 Å². The van der Waals surface area contributed by atoms with E-state index in [-0.39, 0.29) is 6.04 Å². The van der Waals surface area contributed by atoms with Gasteiger partial charge in [0.25, 0.3) is 0 Å². The number of imidazole rings is 1. The van der Waals surface area contributed by atoms with Crippen LogP contribution in [0.4, 0.5) is 14.6 Å². The number of piperazine rings is 1. The summed E-state index contributed by atoms with van der Waals surface area (Å²) < 4.78 is 28.8. The highest BCUT2D eigenvalue weighted by Gasteiger charge is 2.26. The first-order chi connectivity index (χ1) is 12.5. The number of benzene rings is 1. The lowest BCUT2D eigenvalue weighted by Crippen LogP contribution is -2.51. The van der Waals surface area contributed by atoms with E-state index in [9.17, 15) is 8.78 Å². The predicted molar refractivity (Wildman–Crippen MR) is 94.7 cm³/mol. The van der Waals surface area contributed by atoms with Gasteiger partial charge in [-0.05, 0) is 24.6 Å². The molecule has 2 aromatic heterocycles. The zero-order valence-corrected chi connectivity index (χ0v) is 14.7. The monoisotopic (exact) mass is 358 g/mol. The van der Waals surface area contributed by atoms with Gasteiger partial charge in [-0.25, -0.2) is 23.7 Å². The van der Waals surface area contributed by atoms with Gasteiger partial charge in [0.05, 0.1) is 6.33 Å². The van der Waals surface area contributed by atoms with Crippen LogP contribution in [0.25, 0.3) is 11.2 Å². The quantitative estimate of drug-likeness (QED) is 0.719. The lowest BCUT2D eigenvalue weighted by molar-refractivity contribution is 0.180. The third kappa shape index (κ3) is 3.12. The zero-order valence-electron chi connectivity index (χ0n) is 14.7. The predicted octanol–water partition coefficient (Wildman–Crippen LogP) is 2.35. The van der Waals surface area contributed by atoms with Gasteiger partial charge in [-0.1, -0.05) is 0 Å². The molecule has 6 nitrogen and oxygen atoms in total. The molecule has 1 fully saturated rings. The van der Waals surface area contributed by atoms with Crippen LogP contribution in [0.5, 0.6) is 0 Å². The van der Waals surface area contributed by atoms with Crippen molar-refractivity contribution < 1.29 is 8.78 Å². The van der Waals surface area contributed by atoms with Crippen LogP contribution < -0.4 is 4.90 Å². The lowest BCUT2D eigenvalue weighted by atomic mass is 10.1. The molecule has 26 heavy (non-hydrogen) atoms. The molecule has 136 valence electrons. The lowest BCUT2D eigenvalue weighted by Gasteiger charge is -2.40. The fourth-order valence-electron chi connectivity index (χ4n) is 3.56. The molecule has 0 saturated carbocycles. The summed E-state index contributed by atoms with van der Waals surface area (Å²) in [4.78, 5) is 17.4. The van der Waals surface area contributed by atoms with E-state index in [1.54, 1.807) is 6.33 Å². The van der Waals surface area contributed by atoms with E-state index in [0.717, 1.165) is 37.0 Å². The first kappa shape index (κ1) is 16.8. The Bertz CT molecular complexity index is 920. The second-order valence-electron chi connectivity index (χ2n) is 6.77. The first-order valence-electron chi connectivity index (χ1n) is 8.57. The molecule has 0 bridgehead atoms. The maximum atomic E-state index is 13.4. The maximum Gasteiger partial charge on any atom is 0.182 e. The summed E-state index contributed by atoms with van der Waals surface area (Å²) in [6.45, 7) is 4.97. The molecule has 8 heteroatoms. The number of fused-ring (bicyclic) bond motifs is 1. The Labute approximate surface area is 150 Å². The summed E-state index contributed by atoms with van der Waals surface area (Å²) in [6, 6.07) is 3.91. The molecule has 1 saturated heterocycles. The van der Waals surface area contributed by atoms with Gasteiger partial charge in [0, 0.05) is 45.3 Å². The molecule has 0 radical (unpaired) electrons. The van der Waals surface area contributed by atoms with Crippen molar-refractivity contribution in [1.29, 1.82) is 0 Å². The Hall–Kier alpha value is -2.61. The van der Waals surface area contributed by atoms with Gasteiger partial charge < -0.3 is 9.47 Å². The molecule has 0 aliphatic carbocycles. The standard InChI is InChI=1S/C18H20F2N6/c1-12-8-26(18-16-17(21-10-22-18)23-11-24(16)2)4-3-25(12)9-13-5-14(19)7-15(20)6-13/h5-7,10-12H,3-4,8-9H2,1-2H3. The molecule has 1 aromatic carbocycles. The Kier molecular flexibility index (Phi) is 4.28. The van der Waals surface area contributed by atoms with Gasteiger partial charge in [0.2, 0.25) is 0 Å². The summed E-state index contributed by atoms with van der Waals surface area (Å²) in [5, 5.41) is 0. The molecule has 1 aliphatic rings. The first-order valence-corrected chi connectivity index (χ1v) is 8.57. The molecule has 1 atom stereocenters. The molecule has 4 rings (SSSR count). The van der Waals surface area contributed by atoms with Crippen LogP contribution >= 0.6 is 0 Å². The number of anilines is 1. The van der Waals surface area contributed by atoms with Crippen LogP contribution in [0.15, 0.2) is 30.9 Å². The summed E-state index contributed by atoms with van der Waals surface area (Å²) in [7, 11) is 1.93. The smallest absolute Gasteiger partial charge is 0.182 e. The largest absolute Gasteiger partial charge is 0.352 e. The maximum absolute atomic E-state index is 13.4. The minimum absolute atomic E-state index is 0.216. The second-order valence-corrected chi connectivity index (χ2v) is 6.77. The zero-order chi connectivity index (χ0) is 18.3. The van der Waals surface area contributed by atoms with Crippen LogP contribution in [-0.4, -0.2) is 50.1 Å². The van der Waals surface area contributed by atoms with Gasteiger partial charge in [-0.3, -0.25) is 4.90 Å². The second kappa shape index (κ2) is 6.60. The molecule has 1 aliphatic heterocycles. The number of aryl methyl sites for hydroxylation is 1. The third-order valence-electron chi connectivity index (χ3n) is 4.86. The van der Waals surface area contributed by atoms with Crippen LogP contribution in [0, 0.1) is 11.6 Å². The molecular formula is C18H20F2N6. The molecule has 3 aromatic rings. The number of halogens is 2. The van der Waals surface area contributed by atoms with Crippen molar-refractivity contribution >= 4 is 17.0 Å². The average Bonchev–Trinajstić information content (AvgIpc) is 2.97.